The van der Waals surface area contributed by atoms with Gasteiger partial charge in [0, 0.05) is 19.4 Å². The lowest BCUT2D eigenvalue weighted by molar-refractivity contribution is -0.161. The zero-order valence-electron chi connectivity index (χ0n) is 37.6. The fourth-order valence-corrected chi connectivity index (χ4v) is 8.11. The Bertz CT molecular complexity index is 907. The van der Waals surface area contributed by atoms with E-state index >= 15 is 0 Å². The molecule has 0 radical (unpaired) electrons. The molecule has 0 aliphatic rings. The Balaban J connectivity index is 4.02. The predicted octanol–water partition coefficient (Wildman–Crippen LogP) is 14.4. The molecule has 9 nitrogen and oxygen atoms in total. The lowest BCUT2D eigenvalue weighted by Crippen LogP contribution is -2.29. The maximum absolute atomic E-state index is 12.6. The predicted molar refractivity (Wildman–Crippen MR) is 238 cm³/mol. The molecule has 340 valence electrons. The minimum atomic E-state index is -4.37. The van der Waals surface area contributed by atoms with Crippen molar-refractivity contribution in [2.45, 2.75) is 264 Å². The molecule has 10 heteroatoms. The second-order valence-corrected chi connectivity index (χ2v) is 18.2. The number of ether oxygens (including phenoxy) is 2. The maximum Gasteiger partial charge on any atom is 0.472 e. The first kappa shape index (κ1) is 56.0. The summed E-state index contributed by atoms with van der Waals surface area (Å²) in [5.41, 5.74) is 5.36. The summed E-state index contributed by atoms with van der Waals surface area (Å²) >= 11 is 0. The van der Waals surface area contributed by atoms with Crippen molar-refractivity contribution >= 4 is 19.8 Å². The number of rotatable bonds is 47. The molecule has 0 rings (SSSR count). The molecular weight excluding hydrogens is 737 g/mol. The zero-order valence-corrected chi connectivity index (χ0v) is 38.5. The van der Waals surface area contributed by atoms with Crippen LogP contribution in [0.3, 0.4) is 0 Å². The molecule has 0 fully saturated rings. The van der Waals surface area contributed by atoms with E-state index in [1.165, 1.54) is 193 Å². The van der Waals surface area contributed by atoms with Crippen molar-refractivity contribution in [1.29, 1.82) is 0 Å². The largest absolute Gasteiger partial charge is 0.472 e. The van der Waals surface area contributed by atoms with Crippen molar-refractivity contribution in [3.63, 3.8) is 0 Å². The van der Waals surface area contributed by atoms with Gasteiger partial charge in [0.25, 0.3) is 0 Å². The Hall–Kier alpha value is -0.990. The molecule has 0 aromatic rings. The Morgan fingerprint density at radius 3 is 1.07 bits per heavy atom. The van der Waals surface area contributed by atoms with Crippen LogP contribution in [-0.2, 0) is 32.7 Å². The molecule has 2 atom stereocenters. The fourth-order valence-electron chi connectivity index (χ4n) is 7.34. The molecule has 3 N–H and O–H groups in total. The minimum Gasteiger partial charge on any atom is -0.462 e. The maximum atomic E-state index is 12.6. The lowest BCUT2D eigenvalue weighted by Gasteiger charge is -2.19. The van der Waals surface area contributed by atoms with E-state index in [1.807, 2.05) is 0 Å². The SMILES string of the molecule is CCCCCCCCCCCCCCCCCCCCC(=O)OCC(COP(=O)(O)OCCN)OC(=O)CCCCCCCCCCCCCCCCCCCC. The third-order valence-corrected chi connectivity index (χ3v) is 12.0. The van der Waals surface area contributed by atoms with Gasteiger partial charge >= 0.3 is 19.8 Å². The molecule has 57 heavy (non-hydrogen) atoms. The zero-order chi connectivity index (χ0) is 41.8. The normalized spacial score (nSPS) is 13.1. The number of nitrogens with two attached hydrogens (primary N) is 1. The average Bonchev–Trinajstić information content (AvgIpc) is 3.20. The summed E-state index contributed by atoms with van der Waals surface area (Å²) in [6.07, 6.45) is 45.6. The molecule has 0 amide bonds. The van der Waals surface area contributed by atoms with Crippen LogP contribution < -0.4 is 5.73 Å². The topological polar surface area (TPSA) is 134 Å². The van der Waals surface area contributed by atoms with Crippen LogP contribution in [0.1, 0.15) is 258 Å². The van der Waals surface area contributed by atoms with Gasteiger partial charge in [-0.3, -0.25) is 18.6 Å². The molecule has 0 heterocycles. The summed E-state index contributed by atoms with van der Waals surface area (Å²) in [5.74, 6) is -0.808. The Morgan fingerprint density at radius 1 is 0.456 bits per heavy atom. The van der Waals surface area contributed by atoms with Crippen LogP contribution in [0.5, 0.6) is 0 Å². The van der Waals surface area contributed by atoms with Crippen molar-refractivity contribution in [2.24, 2.45) is 5.73 Å². The first-order chi connectivity index (χ1) is 27.8. The third kappa shape index (κ3) is 44.4. The molecule has 0 aromatic heterocycles. The minimum absolute atomic E-state index is 0.0583. The molecule has 0 aromatic carbocycles. The van der Waals surface area contributed by atoms with Gasteiger partial charge in [0.15, 0.2) is 6.10 Å². The summed E-state index contributed by atoms with van der Waals surface area (Å²) in [6.45, 7) is 3.80. The van der Waals surface area contributed by atoms with Crippen molar-refractivity contribution in [3.8, 4) is 0 Å². The van der Waals surface area contributed by atoms with Gasteiger partial charge in [0.1, 0.15) is 6.61 Å². The molecule has 0 bridgehead atoms. The van der Waals surface area contributed by atoms with Gasteiger partial charge in [-0.15, -0.1) is 0 Å². The first-order valence-corrected chi connectivity index (χ1v) is 26.0. The van der Waals surface area contributed by atoms with E-state index in [2.05, 4.69) is 13.8 Å². The van der Waals surface area contributed by atoms with E-state index < -0.39 is 26.5 Å². The Morgan fingerprint density at radius 2 is 0.754 bits per heavy atom. The molecular formula is C47H94NO8P. The number of carbonyl (C=O) groups is 2. The number of esters is 2. The van der Waals surface area contributed by atoms with Gasteiger partial charge in [-0.2, -0.15) is 0 Å². The van der Waals surface area contributed by atoms with E-state index in [9.17, 15) is 19.0 Å². The highest BCUT2D eigenvalue weighted by Crippen LogP contribution is 2.43. The molecule has 0 aliphatic heterocycles. The number of hydrogen-bond donors (Lipinski definition) is 2. The summed E-state index contributed by atoms with van der Waals surface area (Å²) < 4.78 is 32.9. The second-order valence-electron chi connectivity index (χ2n) is 16.7. The lowest BCUT2D eigenvalue weighted by atomic mass is 10.0. The monoisotopic (exact) mass is 832 g/mol. The smallest absolute Gasteiger partial charge is 0.462 e. The van der Waals surface area contributed by atoms with Gasteiger partial charge in [0.2, 0.25) is 0 Å². The highest BCUT2D eigenvalue weighted by molar-refractivity contribution is 7.47. The van der Waals surface area contributed by atoms with E-state index in [-0.39, 0.29) is 38.6 Å². The Labute approximate surface area is 352 Å². The third-order valence-electron chi connectivity index (χ3n) is 11.0. The van der Waals surface area contributed by atoms with E-state index in [0.717, 1.165) is 32.1 Å². The summed E-state index contributed by atoms with van der Waals surface area (Å²) in [5, 5.41) is 0. The van der Waals surface area contributed by atoms with E-state index in [4.69, 9.17) is 24.3 Å². The van der Waals surface area contributed by atoms with Crippen molar-refractivity contribution < 1.29 is 37.6 Å². The highest BCUT2D eigenvalue weighted by atomic mass is 31.2. The van der Waals surface area contributed by atoms with Crippen LogP contribution in [0, 0.1) is 0 Å². The average molecular weight is 832 g/mol. The van der Waals surface area contributed by atoms with Crippen LogP contribution in [0.4, 0.5) is 0 Å². The van der Waals surface area contributed by atoms with Crippen LogP contribution in [0.2, 0.25) is 0 Å². The molecule has 0 saturated carbocycles. The van der Waals surface area contributed by atoms with Gasteiger partial charge in [-0.25, -0.2) is 4.57 Å². The Kier molecular flexibility index (Phi) is 43.8. The van der Waals surface area contributed by atoms with Crippen LogP contribution in [-0.4, -0.2) is 49.3 Å². The number of phosphoric acid groups is 1. The summed E-state index contributed by atoms with van der Waals surface area (Å²) in [4.78, 5) is 35.0. The van der Waals surface area contributed by atoms with Crippen LogP contribution in [0.15, 0.2) is 0 Å². The standard InChI is InChI=1S/C47H94NO8P/c1-3-5-7-9-11-13-15-17-19-21-23-25-27-29-31-33-35-37-39-46(49)53-43-45(44-55-57(51,52)54-42-41-48)56-47(50)40-38-36-34-32-30-28-26-24-22-20-18-16-14-12-10-8-6-4-2/h45H,3-44,48H2,1-2H3,(H,51,52). The summed E-state index contributed by atoms with van der Waals surface area (Å²) in [7, 11) is -4.37. The van der Waals surface area contributed by atoms with Gasteiger partial charge in [-0.1, -0.05) is 232 Å². The molecule has 0 saturated heterocycles. The number of hydrogen-bond acceptors (Lipinski definition) is 8. The van der Waals surface area contributed by atoms with E-state index in [1.54, 1.807) is 0 Å². The van der Waals surface area contributed by atoms with Gasteiger partial charge in [-0.05, 0) is 12.8 Å². The second kappa shape index (κ2) is 44.6. The molecule has 0 aliphatic carbocycles. The van der Waals surface area contributed by atoms with Crippen molar-refractivity contribution in [3.05, 3.63) is 0 Å². The molecule has 0 spiro atoms. The number of unbranched alkanes of at least 4 members (excludes halogenated alkanes) is 34. The van der Waals surface area contributed by atoms with Crippen molar-refractivity contribution in [2.75, 3.05) is 26.4 Å². The van der Waals surface area contributed by atoms with Crippen LogP contribution >= 0.6 is 7.82 Å². The quantitative estimate of drug-likeness (QED) is 0.0349. The summed E-state index contributed by atoms with van der Waals surface area (Å²) in [6, 6.07) is 0. The van der Waals surface area contributed by atoms with Gasteiger partial charge < -0.3 is 20.1 Å². The van der Waals surface area contributed by atoms with Crippen LogP contribution in [0.25, 0.3) is 0 Å². The van der Waals surface area contributed by atoms with Crippen molar-refractivity contribution in [1.82, 2.24) is 0 Å². The molecule has 2 unspecified atom stereocenters. The number of carbonyl (C=O) groups excluding carboxylic acids is 2. The fraction of sp³-hybridized carbons (Fsp3) is 0.957. The van der Waals surface area contributed by atoms with Gasteiger partial charge in [0.05, 0.1) is 13.2 Å². The van der Waals surface area contributed by atoms with E-state index in [0.29, 0.717) is 6.42 Å². The number of phosphoric ester groups is 1. The first-order valence-electron chi connectivity index (χ1n) is 24.5. The highest BCUT2D eigenvalue weighted by Gasteiger charge is 2.26.